The molecule has 0 aliphatic carbocycles. The van der Waals surface area contributed by atoms with Crippen molar-refractivity contribution in [1.82, 2.24) is 9.97 Å². The summed E-state index contributed by atoms with van der Waals surface area (Å²) in [6, 6.07) is 7.72. The first-order valence-corrected chi connectivity index (χ1v) is 6.23. The van der Waals surface area contributed by atoms with E-state index < -0.39 is 11.9 Å². The van der Waals surface area contributed by atoms with Gasteiger partial charge in [-0.1, -0.05) is 36.9 Å². The minimum absolute atomic E-state index is 0.393. The normalized spacial score (nSPS) is 12.5. The fourth-order valence-electron chi connectivity index (χ4n) is 1.30. The van der Waals surface area contributed by atoms with Crippen molar-refractivity contribution in [2.24, 2.45) is 5.92 Å². The topological polar surface area (TPSA) is 63.1 Å². The summed E-state index contributed by atoms with van der Waals surface area (Å²) in [6.45, 7) is 1.68. The molecule has 1 unspecified atom stereocenters. The van der Waals surface area contributed by atoms with E-state index in [9.17, 15) is 4.79 Å². The highest BCUT2D eigenvalue weighted by atomic mass is 32.2. The highest BCUT2D eigenvalue weighted by Crippen LogP contribution is 2.19. The summed E-state index contributed by atoms with van der Waals surface area (Å²) >= 11 is 1.37. The van der Waals surface area contributed by atoms with Gasteiger partial charge in [-0.15, -0.1) is 0 Å². The molecule has 5 heteroatoms. The van der Waals surface area contributed by atoms with E-state index in [1.54, 1.807) is 13.1 Å². The average Bonchev–Trinajstić information content (AvgIpc) is 2.35. The van der Waals surface area contributed by atoms with Crippen LogP contribution in [0.15, 0.2) is 35.6 Å². The van der Waals surface area contributed by atoms with Crippen molar-refractivity contribution >= 4 is 28.6 Å². The zero-order valence-corrected chi connectivity index (χ0v) is 10.1. The molecule has 0 spiro atoms. The number of rotatable bonds is 4. The molecule has 0 bridgehead atoms. The molecule has 0 amide bonds. The van der Waals surface area contributed by atoms with E-state index in [1.165, 1.54) is 11.8 Å². The summed E-state index contributed by atoms with van der Waals surface area (Å²) in [5.74, 6) is -0.707. The predicted molar refractivity (Wildman–Crippen MR) is 67.1 cm³/mol. The van der Waals surface area contributed by atoms with Crippen LogP contribution in [0.2, 0.25) is 0 Å². The summed E-state index contributed by atoms with van der Waals surface area (Å²) in [5.41, 5.74) is 0.882. The van der Waals surface area contributed by atoms with Crippen LogP contribution in [0.5, 0.6) is 0 Å². The van der Waals surface area contributed by atoms with Crippen molar-refractivity contribution < 1.29 is 9.90 Å². The Balaban J connectivity index is 2.12. The number of aliphatic carboxylic acids is 1. The van der Waals surface area contributed by atoms with Crippen LogP contribution in [-0.4, -0.2) is 26.8 Å². The van der Waals surface area contributed by atoms with Crippen LogP contribution < -0.4 is 0 Å². The second-order valence-corrected chi connectivity index (χ2v) is 4.75. The second-order valence-electron chi connectivity index (χ2n) is 3.76. The van der Waals surface area contributed by atoms with Gasteiger partial charge in [-0.3, -0.25) is 4.79 Å². The van der Waals surface area contributed by atoms with Gasteiger partial charge in [-0.05, 0) is 6.07 Å². The smallest absolute Gasteiger partial charge is 0.307 e. The van der Waals surface area contributed by atoms with Gasteiger partial charge in [0.1, 0.15) is 0 Å². The molecule has 1 aromatic heterocycles. The van der Waals surface area contributed by atoms with E-state index in [-0.39, 0.29) is 0 Å². The van der Waals surface area contributed by atoms with Gasteiger partial charge in [-0.2, -0.15) is 0 Å². The summed E-state index contributed by atoms with van der Waals surface area (Å²) < 4.78 is 0. The predicted octanol–water partition coefficient (Wildman–Crippen LogP) is 2.44. The Labute approximate surface area is 103 Å². The monoisotopic (exact) mass is 248 g/mol. The fraction of sp³-hybridized carbons (Fsp3) is 0.250. The summed E-state index contributed by atoms with van der Waals surface area (Å²) in [7, 11) is 0. The lowest BCUT2D eigenvalue weighted by atomic mass is 10.2. The third kappa shape index (κ3) is 2.94. The molecule has 0 aliphatic rings. The average molecular weight is 248 g/mol. The molecule has 1 aromatic carbocycles. The van der Waals surface area contributed by atoms with Gasteiger partial charge in [0, 0.05) is 17.3 Å². The molecule has 1 N–H and O–H groups in total. The summed E-state index contributed by atoms with van der Waals surface area (Å²) in [4.78, 5) is 19.2. The van der Waals surface area contributed by atoms with Gasteiger partial charge in [0.2, 0.25) is 0 Å². The third-order valence-electron chi connectivity index (χ3n) is 2.35. The number of benzene rings is 1. The summed E-state index contributed by atoms with van der Waals surface area (Å²) in [5, 5.41) is 10.4. The van der Waals surface area contributed by atoms with Crippen LogP contribution in [0.3, 0.4) is 0 Å². The molecule has 1 heterocycles. The van der Waals surface area contributed by atoms with Crippen LogP contribution in [0, 0.1) is 5.92 Å². The van der Waals surface area contributed by atoms with E-state index in [2.05, 4.69) is 9.97 Å². The van der Waals surface area contributed by atoms with Gasteiger partial charge < -0.3 is 5.11 Å². The first kappa shape index (κ1) is 11.9. The number of aromatic nitrogens is 2. The zero-order valence-electron chi connectivity index (χ0n) is 9.33. The molecule has 0 fully saturated rings. The minimum Gasteiger partial charge on any atom is -0.481 e. The first-order valence-electron chi connectivity index (χ1n) is 5.24. The van der Waals surface area contributed by atoms with Gasteiger partial charge in [0.15, 0.2) is 5.16 Å². The van der Waals surface area contributed by atoms with Gasteiger partial charge in [-0.25, -0.2) is 9.97 Å². The Morgan fingerprint density at radius 1 is 1.47 bits per heavy atom. The molecular formula is C12H12N2O2S. The fourth-order valence-corrected chi connectivity index (χ4v) is 2.13. The van der Waals surface area contributed by atoms with E-state index in [1.807, 2.05) is 24.3 Å². The molecule has 88 valence electrons. The van der Waals surface area contributed by atoms with Crippen LogP contribution >= 0.6 is 11.8 Å². The maximum Gasteiger partial charge on any atom is 0.307 e. The molecule has 1 atom stereocenters. The third-order valence-corrected chi connectivity index (χ3v) is 3.47. The number of carboxylic acids is 1. The van der Waals surface area contributed by atoms with Crippen molar-refractivity contribution in [2.75, 3.05) is 5.75 Å². The van der Waals surface area contributed by atoms with Crippen LogP contribution in [-0.2, 0) is 4.79 Å². The molecule has 2 aromatic rings. The number of carbonyl (C=O) groups is 1. The lowest BCUT2D eigenvalue weighted by Crippen LogP contribution is -2.11. The molecular weight excluding hydrogens is 236 g/mol. The number of para-hydroxylation sites is 1. The van der Waals surface area contributed by atoms with Crippen molar-refractivity contribution in [3.8, 4) is 0 Å². The van der Waals surface area contributed by atoms with Gasteiger partial charge in [0.05, 0.1) is 11.4 Å². The standard InChI is InChI=1S/C12H12N2O2S/c1-8(11(15)16)7-17-12-13-6-9-4-2-3-5-10(9)14-12/h2-6,8H,7H2,1H3,(H,15,16). The van der Waals surface area contributed by atoms with Crippen LogP contribution in [0.1, 0.15) is 6.92 Å². The molecule has 0 saturated carbocycles. The largest absolute Gasteiger partial charge is 0.481 e. The Morgan fingerprint density at radius 2 is 2.24 bits per heavy atom. The Hall–Kier alpha value is -1.62. The van der Waals surface area contributed by atoms with E-state index in [0.717, 1.165) is 10.9 Å². The minimum atomic E-state index is -0.793. The SMILES string of the molecule is CC(CSc1ncc2ccccc2n1)C(=O)O. The quantitative estimate of drug-likeness (QED) is 0.665. The first-order chi connectivity index (χ1) is 8.16. The van der Waals surface area contributed by atoms with Gasteiger partial charge >= 0.3 is 5.97 Å². The maximum atomic E-state index is 10.7. The Kier molecular flexibility index (Phi) is 3.58. The number of thioether (sulfide) groups is 1. The second kappa shape index (κ2) is 5.14. The molecule has 4 nitrogen and oxygen atoms in total. The molecule has 0 aliphatic heterocycles. The lowest BCUT2D eigenvalue weighted by Gasteiger charge is -2.05. The Morgan fingerprint density at radius 3 is 3.00 bits per heavy atom. The number of carboxylic acid groups (broad SMARTS) is 1. The molecule has 0 saturated heterocycles. The van der Waals surface area contributed by atoms with Crippen molar-refractivity contribution in [1.29, 1.82) is 0 Å². The lowest BCUT2D eigenvalue weighted by molar-refractivity contribution is -0.140. The van der Waals surface area contributed by atoms with Gasteiger partial charge in [0.25, 0.3) is 0 Å². The van der Waals surface area contributed by atoms with Crippen molar-refractivity contribution in [2.45, 2.75) is 12.1 Å². The highest BCUT2D eigenvalue weighted by molar-refractivity contribution is 7.99. The van der Waals surface area contributed by atoms with Crippen molar-refractivity contribution in [3.05, 3.63) is 30.5 Å². The zero-order chi connectivity index (χ0) is 12.3. The van der Waals surface area contributed by atoms with E-state index >= 15 is 0 Å². The number of fused-ring (bicyclic) bond motifs is 1. The highest BCUT2D eigenvalue weighted by Gasteiger charge is 2.12. The molecule has 0 radical (unpaired) electrons. The van der Waals surface area contributed by atoms with E-state index in [4.69, 9.17) is 5.11 Å². The van der Waals surface area contributed by atoms with Crippen molar-refractivity contribution in [3.63, 3.8) is 0 Å². The number of hydrogen-bond acceptors (Lipinski definition) is 4. The number of nitrogens with zero attached hydrogens (tertiary/aromatic N) is 2. The molecule has 17 heavy (non-hydrogen) atoms. The van der Waals surface area contributed by atoms with Crippen LogP contribution in [0.25, 0.3) is 10.9 Å². The van der Waals surface area contributed by atoms with E-state index in [0.29, 0.717) is 10.9 Å². The number of hydrogen-bond donors (Lipinski definition) is 1. The molecule has 2 rings (SSSR count). The Bertz CT molecular complexity index is 545. The summed E-state index contributed by atoms with van der Waals surface area (Å²) in [6.07, 6.45) is 1.76. The maximum absolute atomic E-state index is 10.7. The van der Waals surface area contributed by atoms with Crippen LogP contribution in [0.4, 0.5) is 0 Å².